The van der Waals surface area contributed by atoms with Gasteiger partial charge in [-0.1, -0.05) is 25.4 Å². The van der Waals surface area contributed by atoms with Crippen LogP contribution >= 0.6 is 35.3 Å². The van der Waals surface area contributed by atoms with Gasteiger partial charge >= 0.3 is 10.2 Å². The third-order valence-electron chi connectivity index (χ3n) is 4.46. The minimum Gasteiger partial charge on any atom is -0.492 e. The molecule has 2 atom stereocenters. The smallest absolute Gasteiger partial charge is 0.301 e. The summed E-state index contributed by atoms with van der Waals surface area (Å²) in [5.74, 6) is -0.772. The Morgan fingerprint density at radius 2 is 2.03 bits per heavy atom. The molecule has 0 saturated heterocycles. The molecule has 2 aromatic rings. The van der Waals surface area contributed by atoms with E-state index in [2.05, 4.69) is 9.44 Å². The van der Waals surface area contributed by atoms with Gasteiger partial charge in [0.25, 0.3) is 0 Å². The molecule has 4 N–H and O–H groups in total. The van der Waals surface area contributed by atoms with Crippen molar-refractivity contribution in [2.24, 2.45) is 5.73 Å². The molecule has 1 aromatic heterocycles. The second kappa shape index (κ2) is 13.2. The molecule has 0 radical (unpaired) electrons. The number of nitrogens with two attached hydrogens (primary N) is 1. The summed E-state index contributed by atoms with van der Waals surface area (Å²) >= 11 is 7.61. The van der Waals surface area contributed by atoms with Crippen LogP contribution in [0.1, 0.15) is 43.7 Å². The lowest BCUT2D eigenvalue weighted by Crippen LogP contribution is -2.43. The minimum atomic E-state index is -3.93. The van der Waals surface area contributed by atoms with E-state index < -0.39 is 22.0 Å². The fraction of sp³-hybridized carbons (Fsp3) is 0.450. The average Bonchev–Trinajstić information content (AvgIpc) is 3.23. The van der Waals surface area contributed by atoms with Gasteiger partial charge in [0.05, 0.1) is 5.92 Å². The number of halogens is 2. The van der Waals surface area contributed by atoms with Gasteiger partial charge in [0.1, 0.15) is 12.4 Å². The van der Waals surface area contributed by atoms with Gasteiger partial charge in [0.15, 0.2) is 0 Å². The lowest BCUT2D eigenvalue weighted by atomic mass is 9.93. The molecule has 174 valence electrons. The van der Waals surface area contributed by atoms with Crippen molar-refractivity contribution in [1.29, 1.82) is 0 Å². The fourth-order valence-corrected chi connectivity index (χ4v) is 4.56. The van der Waals surface area contributed by atoms with Gasteiger partial charge in [-0.2, -0.15) is 24.5 Å². The molecule has 0 bridgehead atoms. The van der Waals surface area contributed by atoms with Crippen LogP contribution in [-0.2, 0) is 21.4 Å². The van der Waals surface area contributed by atoms with E-state index in [1.165, 1.54) is 11.3 Å². The first-order chi connectivity index (χ1) is 14.3. The van der Waals surface area contributed by atoms with Crippen LogP contribution in [0.25, 0.3) is 0 Å². The van der Waals surface area contributed by atoms with E-state index in [1.807, 2.05) is 24.6 Å². The molecule has 1 heterocycles. The highest BCUT2D eigenvalue weighted by molar-refractivity contribution is 7.88. The molecule has 2 rings (SSSR count). The van der Waals surface area contributed by atoms with Gasteiger partial charge in [0.2, 0.25) is 5.91 Å². The van der Waals surface area contributed by atoms with Crippen molar-refractivity contribution in [3.05, 3.63) is 51.2 Å². The van der Waals surface area contributed by atoms with Crippen molar-refractivity contribution in [2.75, 3.05) is 13.2 Å². The zero-order valence-corrected chi connectivity index (χ0v) is 20.7. The molecule has 1 amide bonds. The van der Waals surface area contributed by atoms with Crippen molar-refractivity contribution >= 4 is 51.5 Å². The molecule has 31 heavy (non-hydrogen) atoms. The molecule has 7 nitrogen and oxygen atoms in total. The summed E-state index contributed by atoms with van der Waals surface area (Å²) < 4.78 is 34.6. The first-order valence-electron chi connectivity index (χ1n) is 9.75. The van der Waals surface area contributed by atoms with E-state index in [0.29, 0.717) is 29.4 Å². The van der Waals surface area contributed by atoms with Gasteiger partial charge in [-0.15, -0.1) is 12.4 Å². The molecular formula is C20H29Cl2N3O4S2. The van der Waals surface area contributed by atoms with Gasteiger partial charge in [-0.3, -0.25) is 4.79 Å². The number of hydrogen-bond acceptors (Lipinski definition) is 6. The number of rotatable bonds is 12. The molecule has 0 spiro atoms. The highest BCUT2D eigenvalue weighted by Gasteiger charge is 2.27. The van der Waals surface area contributed by atoms with Crippen LogP contribution in [0.2, 0.25) is 5.02 Å². The average molecular weight is 511 g/mol. The topological polar surface area (TPSA) is 111 Å². The number of carbonyl (C=O) groups excluding carboxylic acids is 1. The van der Waals surface area contributed by atoms with Crippen LogP contribution in [0, 0.1) is 0 Å². The lowest BCUT2D eigenvalue weighted by Gasteiger charge is -2.19. The zero-order valence-electron chi connectivity index (χ0n) is 17.5. The van der Waals surface area contributed by atoms with Crippen LogP contribution in [-0.4, -0.2) is 33.5 Å². The van der Waals surface area contributed by atoms with Gasteiger partial charge in [-0.05, 0) is 65.4 Å². The number of amides is 1. The number of benzene rings is 1. The number of hydrogen-bond donors (Lipinski definition) is 3. The summed E-state index contributed by atoms with van der Waals surface area (Å²) in [4.78, 5) is 12.9. The van der Waals surface area contributed by atoms with Crippen molar-refractivity contribution < 1.29 is 17.9 Å². The van der Waals surface area contributed by atoms with Crippen LogP contribution in [0.3, 0.4) is 0 Å². The van der Waals surface area contributed by atoms with Crippen LogP contribution in [0.4, 0.5) is 0 Å². The number of thiophene rings is 1. The fourth-order valence-electron chi connectivity index (χ4n) is 2.69. The summed E-state index contributed by atoms with van der Waals surface area (Å²) in [6, 6.07) is 6.86. The maximum atomic E-state index is 12.9. The highest BCUT2D eigenvalue weighted by atomic mass is 35.5. The van der Waals surface area contributed by atoms with E-state index in [-0.39, 0.29) is 31.4 Å². The van der Waals surface area contributed by atoms with Crippen LogP contribution in [0.15, 0.2) is 35.0 Å². The Morgan fingerprint density at radius 3 is 2.65 bits per heavy atom. The minimum absolute atomic E-state index is 0. The molecule has 1 unspecified atom stereocenters. The second-order valence-electron chi connectivity index (χ2n) is 6.91. The summed E-state index contributed by atoms with van der Waals surface area (Å²) in [6.07, 6.45) is 1.61. The summed E-state index contributed by atoms with van der Waals surface area (Å²) in [6.45, 7) is 4.38. The van der Waals surface area contributed by atoms with Crippen molar-refractivity contribution in [2.45, 2.75) is 45.1 Å². The van der Waals surface area contributed by atoms with Crippen molar-refractivity contribution in [1.82, 2.24) is 9.44 Å². The summed E-state index contributed by atoms with van der Waals surface area (Å²) in [7, 11) is -3.93. The Balaban J connectivity index is 0.00000480. The quantitative estimate of drug-likeness (QED) is 0.404. The lowest BCUT2D eigenvalue weighted by molar-refractivity contribution is -0.120. The van der Waals surface area contributed by atoms with E-state index in [1.54, 1.807) is 24.3 Å². The van der Waals surface area contributed by atoms with Crippen LogP contribution in [0.5, 0.6) is 5.75 Å². The first-order valence-corrected chi connectivity index (χ1v) is 12.6. The summed E-state index contributed by atoms with van der Waals surface area (Å²) in [5.41, 5.74) is 7.38. The predicted molar refractivity (Wildman–Crippen MR) is 129 cm³/mol. The molecule has 0 fully saturated rings. The molecule has 11 heteroatoms. The zero-order chi connectivity index (χ0) is 22.1. The van der Waals surface area contributed by atoms with E-state index in [4.69, 9.17) is 22.1 Å². The predicted octanol–water partition coefficient (Wildman–Crippen LogP) is 3.63. The van der Waals surface area contributed by atoms with E-state index >= 15 is 0 Å². The summed E-state index contributed by atoms with van der Waals surface area (Å²) in [5, 5.41) is 4.17. The first kappa shape index (κ1) is 27.7. The molecule has 0 aliphatic heterocycles. The Hall–Kier alpha value is -1.36. The Kier molecular flexibility index (Phi) is 11.8. The maximum absolute atomic E-state index is 12.9. The molecule has 1 aromatic carbocycles. The van der Waals surface area contributed by atoms with Gasteiger partial charge in [0, 0.05) is 17.6 Å². The third-order valence-corrected chi connectivity index (χ3v) is 6.45. The largest absolute Gasteiger partial charge is 0.492 e. The standard InChI is InChI=1S/C20H28ClN3O4S2.ClH/c1-3-8-23-30(26,27)24-20(25)18(14-7-9-29-13-14)11-15-10-16(21)5-6-19(15)28-12-17(22)4-2;/h5-7,9-10,13,17-18,23H,3-4,8,11-12,22H2,1-2H3,(H,24,25);1H/t17-,18?;/m0./s1. The number of nitrogens with one attached hydrogen (secondary N) is 2. The van der Waals surface area contributed by atoms with Crippen molar-refractivity contribution in [3.8, 4) is 5.75 Å². The highest BCUT2D eigenvalue weighted by Crippen LogP contribution is 2.30. The molecule has 0 saturated carbocycles. The Morgan fingerprint density at radius 1 is 1.29 bits per heavy atom. The van der Waals surface area contributed by atoms with Crippen molar-refractivity contribution in [3.63, 3.8) is 0 Å². The SMILES string of the molecule is CCCNS(=O)(=O)NC(=O)C(Cc1cc(Cl)ccc1OC[C@@H](N)CC)c1ccsc1.Cl. The number of carbonyl (C=O) groups is 1. The number of ether oxygens (including phenoxy) is 1. The maximum Gasteiger partial charge on any atom is 0.301 e. The Labute approximate surface area is 199 Å². The van der Waals surface area contributed by atoms with Gasteiger partial charge < -0.3 is 10.5 Å². The Bertz CT molecular complexity index is 925. The third kappa shape index (κ3) is 8.96. The monoisotopic (exact) mass is 509 g/mol. The molecular weight excluding hydrogens is 481 g/mol. The molecule has 0 aliphatic carbocycles. The van der Waals surface area contributed by atoms with E-state index in [9.17, 15) is 13.2 Å². The second-order valence-corrected chi connectivity index (χ2v) is 9.62. The normalized spacial score (nSPS) is 13.2. The van der Waals surface area contributed by atoms with Crippen LogP contribution < -0.4 is 19.9 Å². The van der Waals surface area contributed by atoms with Gasteiger partial charge in [-0.25, -0.2) is 4.72 Å². The molecule has 0 aliphatic rings. The van der Waals surface area contributed by atoms with E-state index in [0.717, 1.165) is 12.0 Å².